The smallest absolute Gasteiger partial charge is 0.325 e. The monoisotopic (exact) mass is 338 g/mol. The predicted octanol–water partition coefficient (Wildman–Crippen LogP) is 2.23. The number of benzene rings is 1. The molecule has 1 aromatic rings. The second-order valence-corrected chi connectivity index (χ2v) is 4.61. The summed E-state index contributed by atoms with van der Waals surface area (Å²) in [6.45, 7) is 4.67. The van der Waals surface area contributed by atoms with Crippen molar-refractivity contribution in [3.63, 3.8) is 0 Å². The third-order valence-corrected chi connectivity index (χ3v) is 2.71. The third-order valence-electron chi connectivity index (χ3n) is 2.71. The maximum absolute atomic E-state index is 13.6. The molecule has 1 amide bonds. The molecule has 0 aliphatic heterocycles. The molecule has 0 aromatic heterocycles. The molecule has 0 saturated carbocycles. The van der Waals surface area contributed by atoms with E-state index in [9.17, 15) is 18.8 Å². The molecule has 1 N–H and O–H groups in total. The first-order chi connectivity index (χ1) is 11.4. The van der Waals surface area contributed by atoms with Gasteiger partial charge in [-0.3, -0.25) is 19.4 Å². The molecule has 130 valence electrons. The van der Waals surface area contributed by atoms with Crippen LogP contribution in [0.3, 0.4) is 0 Å². The molecule has 24 heavy (non-hydrogen) atoms. The molecule has 7 nitrogen and oxygen atoms in total. The number of halogens is 1. The highest BCUT2D eigenvalue weighted by atomic mass is 19.1. The molecule has 0 atom stereocenters. The van der Waals surface area contributed by atoms with Crippen molar-refractivity contribution in [3.8, 4) is 0 Å². The lowest BCUT2D eigenvalue weighted by Crippen LogP contribution is -2.29. The highest BCUT2D eigenvalue weighted by molar-refractivity contribution is 6.09. The van der Waals surface area contributed by atoms with Gasteiger partial charge in [-0.05, 0) is 32.0 Å². The van der Waals surface area contributed by atoms with Crippen LogP contribution in [0.1, 0.15) is 20.8 Å². The van der Waals surface area contributed by atoms with Crippen molar-refractivity contribution in [1.29, 1.82) is 0 Å². The second kappa shape index (κ2) is 9.39. The number of rotatable bonds is 7. The lowest BCUT2D eigenvalue weighted by molar-refractivity contribution is -0.157. The molecule has 8 heteroatoms. The summed E-state index contributed by atoms with van der Waals surface area (Å²) in [7, 11) is 0. The van der Waals surface area contributed by atoms with Crippen LogP contribution in [0.2, 0.25) is 0 Å². The van der Waals surface area contributed by atoms with E-state index in [1.165, 1.54) is 19.1 Å². The first-order valence-electron chi connectivity index (χ1n) is 7.33. The van der Waals surface area contributed by atoms with E-state index < -0.39 is 29.6 Å². The SMILES string of the molecule is CCOC(=O)C(C=Nc1ccc(F)c(NC(C)=O)c1)C(=O)OCC. The van der Waals surface area contributed by atoms with E-state index in [1.807, 2.05) is 0 Å². The van der Waals surface area contributed by atoms with Crippen LogP contribution in [0, 0.1) is 11.7 Å². The normalized spacial score (nSPS) is 10.7. The standard InChI is InChI=1S/C16H19FN2O5/c1-4-23-15(21)12(16(22)24-5-2)9-18-11-6-7-13(17)14(8-11)19-10(3)20/h6-9,12H,4-5H2,1-3H3,(H,19,20). The predicted molar refractivity (Wildman–Crippen MR) is 85.6 cm³/mol. The van der Waals surface area contributed by atoms with Crippen molar-refractivity contribution in [2.75, 3.05) is 18.5 Å². The van der Waals surface area contributed by atoms with Crippen LogP contribution in [0.4, 0.5) is 15.8 Å². The van der Waals surface area contributed by atoms with Crippen LogP contribution in [0.5, 0.6) is 0 Å². The number of ether oxygens (including phenoxy) is 2. The molecule has 0 heterocycles. The van der Waals surface area contributed by atoms with E-state index in [1.54, 1.807) is 13.8 Å². The highest BCUT2D eigenvalue weighted by Gasteiger charge is 2.27. The summed E-state index contributed by atoms with van der Waals surface area (Å²) in [6.07, 6.45) is 1.07. The van der Waals surface area contributed by atoms with Crippen molar-refractivity contribution in [1.82, 2.24) is 0 Å². The minimum atomic E-state index is -1.32. The van der Waals surface area contributed by atoms with Crippen LogP contribution in [0.25, 0.3) is 0 Å². The zero-order valence-electron chi connectivity index (χ0n) is 13.7. The second-order valence-electron chi connectivity index (χ2n) is 4.61. The van der Waals surface area contributed by atoms with E-state index in [0.29, 0.717) is 0 Å². The largest absolute Gasteiger partial charge is 0.465 e. The Labute approximate surface area is 138 Å². The van der Waals surface area contributed by atoms with Crippen LogP contribution in [-0.4, -0.2) is 37.3 Å². The van der Waals surface area contributed by atoms with E-state index in [4.69, 9.17) is 9.47 Å². The van der Waals surface area contributed by atoms with Crippen LogP contribution >= 0.6 is 0 Å². The van der Waals surface area contributed by atoms with Gasteiger partial charge in [0.15, 0.2) is 5.92 Å². The molecule has 1 aromatic carbocycles. The zero-order valence-corrected chi connectivity index (χ0v) is 13.7. The first-order valence-corrected chi connectivity index (χ1v) is 7.33. The lowest BCUT2D eigenvalue weighted by Gasteiger charge is -2.10. The maximum atomic E-state index is 13.6. The fourth-order valence-electron chi connectivity index (χ4n) is 1.72. The van der Waals surface area contributed by atoms with Gasteiger partial charge in [0.05, 0.1) is 24.6 Å². The van der Waals surface area contributed by atoms with Gasteiger partial charge in [-0.25, -0.2) is 4.39 Å². The fraction of sp³-hybridized carbons (Fsp3) is 0.375. The molecule has 1 rings (SSSR count). The zero-order chi connectivity index (χ0) is 18.1. The number of esters is 2. The minimum absolute atomic E-state index is 0.0547. The number of anilines is 1. The van der Waals surface area contributed by atoms with Crippen LogP contribution in [-0.2, 0) is 23.9 Å². The average Bonchev–Trinajstić information content (AvgIpc) is 2.50. The van der Waals surface area contributed by atoms with E-state index in [0.717, 1.165) is 12.3 Å². The molecule has 0 aliphatic rings. The van der Waals surface area contributed by atoms with Gasteiger partial charge in [0, 0.05) is 13.1 Å². The number of nitrogens with zero attached hydrogens (tertiary/aromatic N) is 1. The summed E-state index contributed by atoms with van der Waals surface area (Å²) in [5.74, 6) is -3.96. The van der Waals surface area contributed by atoms with Gasteiger partial charge in [-0.2, -0.15) is 0 Å². The van der Waals surface area contributed by atoms with Gasteiger partial charge in [0.1, 0.15) is 5.82 Å². The summed E-state index contributed by atoms with van der Waals surface area (Å²) in [5.41, 5.74) is 0.194. The summed E-state index contributed by atoms with van der Waals surface area (Å²) in [4.78, 5) is 38.6. The Bertz CT molecular complexity index is 627. The molecule has 0 unspecified atom stereocenters. The fourth-order valence-corrected chi connectivity index (χ4v) is 1.72. The first kappa shape index (κ1) is 19.3. The van der Waals surface area contributed by atoms with Gasteiger partial charge in [-0.15, -0.1) is 0 Å². The molecular weight excluding hydrogens is 319 g/mol. The number of aliphatic imine (C=N–C) groups is 1. The Balaban J connectivity index is 3.02. The number of amides is 1. The van der Waals surface area contributed by atoms with E-state index >= 15 is 0 Å². The van der Waals surface area contributed by atoms with Gasteiger partial charge in [0.2, 0.25) is 5.91 Å². The maximum Gasteiger partial charge on any atom is 0.325 e. The van der Waals surface area contributed by atoms with E-state index in [-0.39, 0.29) is 24.6 Å². The van der Waals surface area contributed by atoms with Crippen LogP contribution in [0.15, 0.2) is 23.2 Å². The molecule has 0 aliphatic carbocycles. The number of carbonyl (C=O) groups excluding carboxylic acids is 3. The lowest BCUT2D eigenvalue weighted by atomic mass is 10.1. The summed E-state index contributed by atoms with van der Waals surface area (Å²) in [5, 5.41) is 2.32. The summed E-state index contributed by atoms with van der Waals surface area (Å²) >= 11 is 0. The van der Waals surface area contributed by atoms with Crippen molar-refractivity contribution in [2.24, 2.45) is 10.9 Å². The van der Waals surface area contributed by atoms with Crippen molar-refractivity contribution < 1.29 is 28.2 Å². The minimum Gasteiger partial charge on any atom is -0.465 e. The Morgan fingerprint density at radius 1 is 1.21 bits per heavy atom. The number of hydrogen-bond donors (Lipinski definition) is 1. The Hall–Kier alpha value is -2.77. The number of carbonyl (C=O) groups is 3. The highest BCUT2D eigenvalue weighted by Crippen LogP contribution is 2.22. The molecular formula is C16H19FN2O5. The van der Waals surface area contributed by atoms with Gasteiger partial charge >= 0.3 is 11.9 Å². The quantitative estimate of drug-likeness (QED) is 0.467. The topological polar surface area (TPSA) is 94.1 Å². The van der Waals surface area contributed by atoms with Crippen molar-refractivity contribution >= 4 is 35.4 Å². The van der Waals surface area contributed by atoms with Gasteiger partial charge in [0.25, 0.3) is 0 Å². The Morgan fingerprint density at radius 2 is 1.79 bits per heavy atom. The average molecular weight is 338 g/mol. The van der Waals surface area contributed by atoms with Crippen molar-refractivity contribution in [3.05, 3.63) is 24.0 Å². The Morgan fingerprint density at radius 3 is 2.29 bits per heavy atom. The van der Waals surface area contributed by atoms with E-state index in [2.05, 4.69) is 10.3 Å². The van der Waals surface area contributed by atoms with Crippen molar-refractivity contribution in [2.45, 2.75) is 20.8 Å². The number of nitrogens with one attached hydrogen (secondary N) is 1. The molecule has 0 spiro atoms. The Kier molecular flexibility index (Phi) is 7.54. The molecule has 0 radical (unpaired) electrons. The van der Waals surface area contributed by atoms with Gasteiger partial charge < -0.3 is 14.8 Å². The summed E-state index contributed by atoms with van der Waals surface area (Å²) < 4.78 is 23.2. The third kappa shape index (κ3) is 5.79. The molecule has 0 fully saturated rings. The molecule has 0 saturated heterocycles. The number of hydrogen-bond acceptors (Lipinski definition) is 6. The van der Waals surface area contributed by atoms with Crippen LogP contribution < -0.4 is 5.32 Å². The van der Waals surface area contributed by atoms with Gasteiger partial charge in [-0.1, -0.05) is 0 Å². The summed E-state index contributed by atoms with van der Waals surface area (Å²) in [6, 6.07) is 3.73. The molecule has 0 bridgehead atoms.